The molecule has 1 heterocycles. The van der Waals surface area contributed by atoms with Crippen molar-refractivity contribution in [2.45, 2.75) is 51.5 Å². The first kappa shape index (κ1) is 14.7. The molecule has 1 amide bonds. The lowest BCUT2D eigenvalue weighted by Gasteiger charge is -2.59. The molecule has 4 fully saturated rings. The van der Waals surface area contributed by atoms with Gasteiger partial charge in [-0.25, -0.2) is 4.98 Å². The van der Waals surface area contributed by atoms with Gasteiger partial charge in [0.2, 0.25) is 0 Å². The molecule has 0 radical (unpaired) electrons. The number of nitriles is 1. The molecule has 1 atom stereocenters. The molecular weight excluding hydrogens is 286 g/mol. The molecule has 0 spiro atoms. The molecule has 1 aromatic rings. The summed E-state index contributed by atoms with van der Waals surface area (Å²) in [6.07, 6.45) is 9.60. The molecule has 120 valence electrons. The minimum Gasteiger partial charge on any atom is -0.349 e. The highest BCUT2D eigenvalue weighted by Gasteiger charge is 2.53. The SMILES string of the molecule is CC(NC(=O)c1ccc(C#N)nc1)C12CC3CC(CC(C3)C1)C2. The predicted octanol–water partition coefficient (Wildman–Crippen LogP) is 3.29. The van der Waals surface area contributed by atoms with Crippen LogP contribution >= 0.6 is 0 Å². The minimum absolute atomic E-state index is 0.0646. The third-order valence-corrected chi connectivity index (χ3v) is 6.49. The molecule has 1 unspecified atom stereocenters. The number of carbonyl (C=O) groups is 1. The fraction of sp³-hybridized carbons (Fsp3) is 0.632. The van der Waals surface area contributed by atoms with Crippen molar-refractivity contribution in [2.24, 2.45) is 23.2 Å². The number of hydrogen-bond acceptors (Lipinski definition) is 3. The summed E-state index contributed by atoms with van der Waals surface area (Å²) in [4.78, 5) is 16.5. The van der Waals surface area contributed by atoms with Crippen LogP contribution in [0.4, 0.5) is 0 Å². The first-order valence-corrected chi connectivity index (χ1v) is 8.75. The maximum absolute atomic E-state index is 12.5. The molecule has 4 saturated carbocycles. The van der Waals surface area contributed by atoms with Crippen LogP contribution < -0.4 is 5.32 Å². The molecule has 5 rings (SSSR count). The monoisotopic (exact) mass is 309 g/mol. The molecule has 0 aromatic carbocycles. The summed E-state index contributed by atoms with van der Waals surface area (Å²) in [5.41, 5.74) is 1.20. The van der Waals surface area contributed by atoms with Crippen LogP contribution in [0.2, 0.25) is 0 Å². The number of aromatic nitrogens is 1. The van der Waals surface area contributed by atoms with Crippen molar-refractivity contribution in [3.63, 3.8) is 0 Å². The van der Waals surface area contributed by atoms with E-state index in [2.05, 4.69) is 17.2 Å². The highest BCUT2D eigenvalue weighted by molar-refractivity contribution is 5.94. The quantitative estimate of drug-likeness (QED) is 0.931. The average Bonchev–Trinajstić information content (AvgIpc) is 2.53. The van der Waals surface area contributed by atoms with Crippen molar-refractivity contribution < 1.29 is 4.79 Å². The summed E-state index contributed by atoms with van der Waals surface area (Å²) in [7, 11) is 0. The highest BCUT2D eigenvalue weighted by Crippen LogP contribution is 2.61. The Morgan fingerprint density at radius 2 is 1.87 bits per heavy atom. The second-order valence-electron chi connectivity index (χ2n) is 8.02. The number of nitrogens with zero attached hydrogens (tertiary/aromatic N) is 2. The number of nitrogens with one attached hydrogen (secondary N) is 1. The van der Waals surface area contributed by atoms with Crippen LogP contribution in [0.5, 0.6) is 0 Å². The zero-order valence-corrected chi connectivity index (χ0v) is 13.6. The highest BCUT2D eigenvalue weighted by atomic mass is 16.1. The normalized spacial score (nSPS) is 35.6. The molecule has 4 nitrogen and oxygen atoms in total. The van der Waals surface area contributed by atoms with Crippen LogP contribution in [0.1, 0.15) is 61.5 Å². The van der Waals surface area contributed by atoms with E-state index in [4.69, 9.17) is 5.26 Å². The smallest absolute Gasteiger partial charge is 0.253 e. The van der Waals surface area contributed by atoms with Gasteiger partial charge in [-0.2, -0.15) is 5.26 Å². The summed E-state index contributed by atoms with van der Waals surface area (Å²) < 4.78 is 0. The van der Waals surface area contributed by atoms with Crippen molar-refractivity contribution in [1.29, 1.82) is 5.26 Å². The first-order valence-electron chi connectivity index (χ1n) is 8.75. The molecule has 0 saturated heterocycles. The Kier molecular flexibility index (Phi) is 3.41. The van der Waals surface area contributed by atoms with Gasteiger partial charge in [-0.15, -0.1) is 0 Å². The second kappa shape index (κ2) is 5.33. The lowest BCUT2D eigenvalue weighted by atomic mass is 9.48. The van der Waals surface area contributed by atoms with Gasteiger partial charge in [-0.3, -0.25) is 4.79 Å². The largest absolute Gasteiger partial charge is 0.349 e. The van der Waals surface area contributed by atoms with E-state index in [1.165, 1.54) is 44.7 Å². The van der Waals surface area contributed by atoms with Crippen molar-refractivity contribution in [1.82, 2.24) is 10.3 Å². The van der Waals surface area contributed by atoms with Crippen LogP contribution in [-0.4, -0.2) is 16.9 Å². The molecular formula is C19H23N3O. The van der Waals surface area contributed by atoms with Gasteiger partial charge in [0, 0.05) is 12.2 Å². The Morgan fingerprint density at radius 1 is 1.26 bits per heavy atom. The van der Waals surface area contributed by atoms with E-state index >= 15 is 0 Å². The van der Waals surface area contributed by atoms with Gasteiger partial charge in [0.25, 0.3) is 5.91 Å². The van der Waals surface area contributed by atoms with Gasteiger partial charge in [0.15, 0.2) is 0 Å². The Bertz CT molecular complexity index is 623. The number of pyridine rings is 1. The Hall–Kier alpha value is -1.89. The van der Waals surface area contributed by atoms with E-state index in [0.717, 1.165) is 17.8 Å². The molecule has 4 heteroatoms. The van der Waals surface area contributed by atoms with Crippen molar-refractivity contribution in [2.75, 3.05) is 0 Å². The third-order valence-electron chi connectivity index (χ3n) is 6.49. The molecule has 1 aromatic heterocycles. The Balaban J connectivity index is 1.48. The van der Waals surface area contributed by atoms with Crippen molar-refractivity contribution >= 4 is 5.91 Å². The maximum atomic E-state index is 12.5. The molecule has 23 heavy (non-hydrogen) atoms. The second-order valence-corrected chi connectivity index (χ2v) is 8.02. The number of carbonyl (C=O) groups excluding carboxylic acids is 1. The van der Waals surface area contributed by atoms with Crippen LogP contribution in [-0.2, 0) is 0 Å². The summed E-state index contributed by atoms with van der Waals surface area (Å²) in [5, 5.41) is 12.0. The van der Waals surface area contributed by atoms with E-state index in [-0.39, 0.29) is 11.9 Å². The van der Waals surface area contributed by atoms with Gasteiger partial charge in [-0.05, 0) is 80.8 Å². The van der Waals surface area contributed by atoms with E-state index in [9.17, 15) is 4.79 Å². The standard InChI is InChI=1S/C19H23N3O/c1-12(22-18(23)16-2-3-17(10-20)21-11-16)19-7-13-4-14(8-19)6-15(5-13)9-19/h2-3,11-15H,4-9H2,1H3,(H,22,23). The van der Waals surface area contributed by atoms with E-state index < -0.39 is 0 Å². The van der Waals surface area contributed by atoms with Crippen LogP contribution in [0.25, 0.3) is 0 Å². The average molecular weight is 309 g/mol. The molecule has 4 aliphatic rings. The lowest BCUT2D eigenvalue weighted by Crippen LogP contribution is -2.55. The van der Waals surface area contributed by atoms with E-state index in [1.807, 2.05) is 6.07 Å². The van der Waals surface area contributed by atoms with Crippen LogP contribution in [0, 0.1) is 34.5 Å². The lowest BCUT2D eigenvalue weighted by molar-refractivity contribution is -0.0688. The topological polar surface area (TPSA) is 65.8 Å². The van der Waals surface area contributed by atoms with Gasteiger partial charge in [-0.1, -0.05) is 0 Å². The maximum Gasteiger partial charge on any atom is 0.253 e. The molecule has 1 N–H and O–H groups in total. The van der Waals surface area contributed by atoms with Crippen LogP contribution in [0.3, 0.4) is 0 Å². The van der Waals surface area contributed by atoms with Crippen LogP contribution in [0.15, 0.2) is 18.3 Å². The molecule has 0 aliphatic heterocycles. The van der Waals surface area contributed by atoms with E-state index in [0.29, 0.717) is 16.7 Å². The predicted molar refractivity (Wildman–Crippen MR) is 86.5 cm³/mol. The van der Waals surface area contributed by atoms with Gasteiger partial charge in [0.05, 0.1) is 5.56 Å². The van der Waals surface area contributed by atoms with Gasteiger partial charge >= 0.3 is 0 Å². The zero-order valence-electron chi connectivity index (χ0n) is 13.6. The molecule has 4 bridgehead atoms. The fourth-order valence-corrected chi connectivity index (χ4v) is 5.74. The summed E-state index contributed by atoms with van der Waals surface area (Å²) in [6.45, 7) is 2.18. The Labute approximate surface area is 137 Å². The molecule has 4 aliphatic carbocycles. The van der Waals surface area contributed by atoms with Gasteiger partial charge in [0.1, 0.15) is 11.8 Å². The van der Waals surface area contributed by atoms with E-state index in [1.54, 1.807) is 12.1 Å². The third kappa shape index (κ3) is 2.52. The Morgan fingerprint density at radius 3 is 2.35 bits per heavy atom. The number of hydrogen-bond donors (Lipinski definition) is 1. The van der Waals surface area contributed by atoms with Gasteiger partial charge < -0.3 is 5.32 Å². The van der Waals surface area contributed by atoms with Crippen molar-refractivity contribution in [3.8, 4) is 6.07 Å². The zero-order chi connectivity index (χ0) is 16.0. The summed E-state index contributed by atoms with van der Waals surface area (Å²) >= 11 is 0. The summed E-state index contributed by atoms with van der Waals surface area (Å²) in [6, 6.07) is 5.48. The number of rotatable bonds is 3. The summed E-state index contributed by atoms with van der Waals surface area (Å²) in [5.74, 6) is 2.59. The first-order chi connectivity index (χ1) is 11.1. The minimum atomic E-state index is -0.0646. The number of amides is 1. The fourth-order valence-electron chi connectivity index (χ4n) is 5.74. The van der Waals surface area contributed by atoms with Crippen molar-refractivity contribution in [3.05, 3.63) is 29.6 Å².